The summed E-state index contributed by atoms with van der Waals surface area (Å²) in [6, 6.07) is 3.29. The van der Waals surface area contributed by atoms with Crippen molar-refractivity contribution in [1.29, 1.82) is 0 Å². The maximum Gasteiger partial charge on any atom is 0.176 e. The summed E-state index contributed by atoms with van der Waals surface area (Å²) in [5.74, 6) is -1.02. The molecule has 0 saturated heterocycles. The first-order chi connectivity index (χ1) is 8.16. The Morgan fingerprint density at radius 2 is 2.35 bits per heavy atom. The smallest absolute Gasteiger partial charge is 0.176 e. The lowest BCUT2D eigenvalue weighted by Gasteiger charge is -2.02. The second-order valence-corrected chi connectivity index (χ2v) is 5.13. The monoisotopic (exact) mass is 270 g/mol. The van der Waals surface area contributed by atoms with E-state index in [1.54, 1.807) is 5.51 Å². The molecule has 0 aliphatic rings. The minimum Gasteiger partial charge on any atom is -0.507 e. The number of aromatic hydroxyl groups is 1. The van der Waals surface area contributed by atoms with Crippen LogP contribution in [-0.2, 0) is 0 Å². The van der Waals surface area contributed by atoms with E-state index in [0.29, 0.717) is 4.34 Å². The molecule has 1 aromatic heterocycles. The molecular weight excluding hydrogens is 263 g/mol. The van der Waals surface area contributed by atoms with Crippen LogP contribution in [0.5, 0.6) is 5.75 Å². The van der Waals surface area contributed by atoms with E-state index in [0.717, 1.165) is 18.2 Å². The van der Waals surface area contributed by atoms with Gasteiger partial charge in [0.1, 0.15) is 17.1 Å². The largest absolute Gasteiger partial charge is 0.507 e. The molecule has 0 aliphatic heterocycles. The Hall–Kier alpha value is -1.47. The number of hydrogen-bond donors (Lipinski definition) is 1. The molecular formula is C10H7FN2O2S2. The second-order valence-electron chi connectivity index (χ2n) is 3.08. The minimum absolute atomic E-state index is 0.0120. The van der Waals surface area contributed by atoms with Crippen LogP contribution in [0.15, 0.2) is 28.0 Å². The molecule has 0 aliphatic carbocycles. The molecule has 2 rings (SSSR count). The van der Waals surface area contributed by atoms with Gasteiger partial charge in [-0.05, 0) is 18.2 Å². The Kier molecular flexibility index (Phi) is 3.70. The number of ketones is 1. The summed E-state index contributed by atoms with van der Waals surface area (Å²) < 4.78 is 13.6. The van der Waals surface area contributed by atoms with E-state index < -0.39 is 5.82 Å². The van der Waals surface area contributed by atoms with Crippen LogP contribution >= 0.6 is 23.1 Å². The van der Waals surface area contributed by atoms with Crippen molar-refractivity contribution in [2.24, 2.45) is 0 Å². The number of thioether (sulfide) groups is 1. The third-order valence-corrected chi connectivity index (χ3v) is 3.79. The molecule has 0 fully saturated rings. The molecule has 0 amide bonds. The highest BCUT2D eigenvalue weighted by Crippen LogP contribution is 2.23. The molecule has 0 bridgehead atoms. The number of rotatable bonds is 4. The molecule has 1 heterocycles. The van der Waals surface area contributed by atoms with E-state index in [1.807, 2.05) is 0 Å². The van der Waals surface area contributed by atoms with Gasteiger partial charge in [-0.1, -0.05) is 23.1 Å². The van der Waals surface area contributed by atoms with Gasteiger partial charge in [0.2, 0.25) is 0 Å². The number of Topliss-reactive ketones (excluding diaryl/α,β-unsaturated/α-hetero) is 1. The van der Waals surface area contributed by atoms with E-state index in [2.05, 4.69) is 10.2 Å². The number of phenols is 1. The lowest BCUT2D eigenvalue weighted by atomic mass is 10.1. The van der Waals surface area contributed by atoms with Crippen LogP contribution in [0.3, 0.4) is 0 Å². The van der Waals surface area contributed by atoms with Gasteiger partial charge >= 0.3 is 0 Å². The molecule has 88 valence electrons. The number of carbonyl (C=O) groups excluding carboxylic acids is 1. The maximum atomic E-state index is 12.9. The summed E-state index contributed by atoms with van der Waals surface area (Å²) in [6.45, 7) is 0. The van der Waals surface area contributed by atoms with Crippen LogP contribution in [0, 0.1) is 5.82 Å². The van der Waals surface area contributed by atoms with Crippen LogP contribution in [0.1, 0.15) is 10.4 Å². The quantitative estimate of drug-likeness (QED) is 0.682. The topological polar surface area (TPSA) is 63.1 Å². The highest BCUT2D eigenvalue weighted by Gasteiger charge is 2.13. The summed E-state index contributed by atoms with van der Waals surface area (Å²) in [6.07, 6.45) is 0. The average molecular weight is 270 g/mol. The normalized spacial score (nSPS) is 10.4. The zero-order valence-electron chi connectivity index (χ0n) is 8.46. The molecule has 4 nitrogen and oxygen atoms in total. The predicted molar refractivity (Wildman–Crippen MR) is 63.0 cm³/mol. The third-order valence-electron chi connectivity index (χ3n) is 1.93. The van der Waals surface area contributed by atoms with Crippen molar-refractivity contribution in [3.05, 3.63) is 35.1 Å². The predicted octanol–water partition coefficient (Wildman–Crippen LogP) is 2.36. The van der Waals surface area contributed by atoms with E-state index in [4.69, 9.17) is 0 Å². The van der Waals surface area contributed by atoms with Gasteiger partial charge in [0.25, 0.3) is 0 Å². The van der Waals surface area contributed by atoms with E-state index in [9.17, 15) is 14.3 Å². The van der Waals surface area contributed by atoms with Crippen molar-refractivity contribution in [2.45, 2.75) is 4.34 Å². The number of benzene rings is 1. The number of carbonyl (C=O) groups is 1. The highest BCUT2D eigenvalue weighted by molar-refractivity contribution is 8.01. The number of aromatic nitrogens is 2. The van der Waals surface area contributed by atoms with Gasteiger partial charge in [0.15, 0.2) is 10.1 Å². The van der Waals surface area contributed by atoms with Crippen molar-refractivity contribution in [3.63, 3.8) is 0 Å². The minimum atomic E-state index is -0.549. The fraction of sp³-hybridized carbons (Fsp3) is 0.100. The Bertz CT molecular complexity index is 531. The third kappa shape index (κ3) is 3.01. The number of hydrogen-bond acceptors (Lipinski definition) is 6. The maximum absolute atomic E-state index is 12.9. The summed E-state index contributed by atoms with van der Waals surface area (Å²) in [4.78, 5) is 11.7. The Morgan fingerprint density at radius 3 is 3.06 bits per heavy atom. The van der Waals surface area contributed by atoms with Crippen molar-refractivity contribution < 1.29 is 14.3 Å². The van der Waals surface area contributed by atoms with E-state index in [-0.39, 0.29) is 22.8 Å². The van der Waals surface area contributed by atoms with Gasteiger partial charge in [-0.2, -0.15) is 0 Å². The number of phenolic OH excluding ortho intramolecular Hbond substituents is 1. The van der Waals surface area contributed by atoms with Gasteiger partial charge in [-0.15, -0.1) is 10.2 Å². The van der Waals surface area contributed by atoms with Crippen molar-refractivity contribution in [1.82, 2.24) is 10.2 Å². The number of nitrogens with zero attached hydrogens (tertiary/aromatic N) is 2. The molecule has 7 heteroatoms. The lowest BCUT2D eigenvalue weighted by Crippen LogP contribution is -2.03. The summed E-state index contributed by atoms with van der Waals surface area (Å²) in [5, 5.41) is 16.8. The standard InChI is InChI=1S/C10H7FN2O2S2/c11-6-1-2-8(14)7(3-6)9(15)4-16-10-13-12-5-17-10/h1-3,5,14H,4H2. The van der Waals surface area contributed by atoms with E-state index in [1.165, 1.54) is 23.1 Å². The van der Waals surface area contributed by atoms with Gasteiger partial charge in [0, 0.05) is 0 Å². The summed E-state index contributed by atoms with van der Waals surface area (Å²) in [5.41, 5.74) is 1.55. The fourth-order valence-corrected chi connectivity index (χ4v) is 2.53. The van der Waals surface area contributed by atoms with Crippen LogP contribution in [0.4, 0.5) is 4.39 Å². The molecule has 17 heavy (non-hydrogen) atoms. The lowest BCUT2D eigenvalue weighted by molar-refractivity contribution is 0.101. The van der Waals surface area contributed by atoms with Gasteiger partial charge in [-0.3, -0.25) is 4.79 Å². The molecule has 1 aromatic carbocycles. The van der Waals surface area contributed by atoms with Gasteiger partial charge in [0.05, 0.1) is 11.3 Å². The van der Waals surface area contributed by atoms with Crippen molar-refractivity contribution in [3.8, 4) is 5.75 Å². The average Bonchev–Trinajstić information content (AvgIpc) is 2.82. The van der Waals surface area contributed by atoms with Gasteiger partial charge in [-0.25, -0.2) is 4.39 Å². The molecule has 0 spiro atoms. The van der Waals surface area contributed by atoms with Crippen molar-refractivity contribution in [2.75, 3.05) is 5.75 Å². The molecule has 2 aromatic rings. The summed E-state index contributed by atoms with van der Waals surface area (Å²) in [7, 11) is 0. The van der Waals surface area contributed by atoms with Crippen LogP contribution in [0.25, 0.3) is 0 Å². The SMILES string of the molecule is O=C(CSc1nncs1)c1cc(F)ccc1O. The highest BCUT2D eigenvalue weighted by atomic mass is 32.2. The van der Waals surface area contributed by atoms with Crippen LogP contribution < -0.4 is 0 Å². The first-order valence-electron chi connectivity index (χ1n) is 4.57. The zero-order chi connectivity index (χ0) is 12.3. The van der Waals surface area contributed by atoms with Crippen LogP contribution in [0.2, 0.25) is 0 Å². The molecule has 0 unspecified atom stereocenters. The first kappa shape index (κ1) is 12.0. The van der Waals surface area contributed by atoms with E-state index >= 15 is 0 Å². The number of halogens is 1. The van der Waals surface area contributed by atoms with Gasteiger partial charge < -0.3 is 5.11 Å². The molecule has 0 radical (unpaired) electrons. The molecule has 0 saturated carbocycles. The first-order valence-corrected chi connectivity index (χ1v) is 6.44. The van der Waals surface area contributed by atoms with Crippen molar-refractivity contribution >= 4 is 28.9 Å². The zero-order valence-corrected chi connectivity index (χ0v) is 10.1. The Labute approximate surface area is 105 Å². The van der Waals surface area contributed by atoms with Crippen LogP contribution in [-0.4, -0.2) is 26.8 Å². The summed E-state index contributed by atoms with van der Waals surface area (Å²) >= 11 is 2.53. The Balaban J connectivity index is 2.07. The second kappa shape index (κ2) is 5.24. The Morgan fingerprint density at radius 1 is 1.53 bits per heavy atom. The molecule has 0 atom stereocenters. The fourth-order valence-electron chi connectivity index (χ4n) is 1.16. The molecule has 1 N–H and O–H groups in total.